The Morgan fingerprint density at radius 2 is 1.23 bits per heavy atom. The standard InChI is InChI=1S/C18H21I2NSi/c1-18(2,3)22(4,5)21-16-8-6-12(19)10-14(16)15-11-13(20)7-9-17(15)21/h6-11H,1-5H3. The minimum Gasteiger partial charge on any atom is -0.368 e. The maximum absolute atomic E-state index is 2.67. The van der Waals surface area contributed by atoms with E-state index in [4.69, 9.17) is 0 Å². The highest BCUT2D eigenvalue weighted by Gasteiger charge is 2.39. The predicted octanol–water partition coefficient (Wildman–Crippen LogP) is 6.86. The summed E-state index contributed by atoms with van der Waals surface area (Å²) in [6, 6.07) is 13.7. The highest BCUT2D eigenvalue weighted by Crippen LogP contribution is 2.42. The number of hydrogen-bond donors (Lipinski definition) is 0. The van der Waals surface area contributed by atoms with Gasteiger partial charge in [0.1, 0.15) is 0 Å². The van der Waals surface area contributed by atoms with Crippen molar-refractivity contribution < 1.29 is 0 Å². The first-order valence-corrected chi connectivity index (χ1v) is 12.6. The SMILES string of the molecule is CC(C)(C)[Si](C)(C)n1c2ccc(I)cc2c2cc(I)ccc21. The monoisotopic (exact) mass is 533 g/mol. The van der Waals surface area contributed by atoms with Gasteiger partial charge in [-0.3, -0.25) is 0 Å². The van der Waals surface area contributed by atoms with Gasteiger partial charge >= 0.3 is 0 Å². The van der Waals surface area contributed by atoms with Gasteiger partial charge in [0.15, 0.2) is 8.24 Å². The minimum atomic E-state index is -1.68. The first kappa shape index (κ1) is 16.8. The van der Waals surface area contributed by atoms with Crippen LogP contribution < -0.4 is 0 Å². The molecule has 0 aliphatic carbocycles. The van der Waals surface area contributed by atoms with Crippen LogP contribution in [0.4, 0.5) is 0 Å². The lowest BCUT2D eigenvalue weighted by atomic mass is 10.2. The lowest BCUT2D eigenvalue weighted by molar-refractivity contribution is 0.706. The summed E-state index contributed by atoms with van der Waals surface area (Å²) in [4.78, 5) is 0. The van der Waals surface area contributed by atoms with Crippen molar-refractivity contribution in [1.82, 2.24) is 4.23 Å². The molecule has 22 heavy (non-hydrogen) atoms. The number of benzene rings is 2. The summed E-state index contributed by atoms with van der Waals surface area (Å²) in [6.45, 7) is 12.1. The molecule has 1 nitrogen and oxygen atoms in total. The van der Waals surface area contributed by atoms with Crippen LogP contribution in [0.3, 0.4) is 0 Å². The summed E-state index contributed by atoms with van der Waals surface area (Å²) < 4.78 is 5.28. The smallest absolute Gasteiger partial charge is 0.161 e. The van der Waals surface area contributed by atoms with Gasteiger partial charge < -0.3 is 4.23 Å². The zero-order valence-electron chi connectivity index (χ0n) is 13.7. The van der Waals surface area contributed by atoms with Crippen molar-refractivity contribution in [3.8, 4) is 0 Å². The molecule has 0 unspecified atom stereocenters. The Balaban J connectivity index is 2.52. The Morgan fingerprint density at radius 3 is 1.59 bits per heavy atom. The third-order valence-corrected chi connectivity index (χ3v) is 11.7. The number of fused-ring (bicyclic) bond motifs is 3. The maximum Gasteiger partial charge on any atom is 0.161 e. The van der Waals surface area contributed by atoms with Crippen molar-refractivity contribution >= 4 is 75.2 Å². The topological polar surface area (TPSA) is 4.93 Å². The molecule has 0 spiro atoms. The van der Waals surface area contributed by atoms with E-state index in [2.05, 4.69) is 120 Å². The Labute approximate surface area is 160 Å². The predicted molar refractivity (Wildman–Crippen MR) is 117 cm³/mol. The molecule has 1 heterocycles. The zero-order chi connectivity index (χ0) is 16.3. The third kappa shape index (κ3) is 2.55. The Morgan fingerprint density at radius 1 is 0.818 bits per heavy atom. The van der Waals surface area contributed by atoms with E-state index in [1.807, 2.05) is 0 Å². The molecule has 0 bridgehead atoms. The summed E-state index contributed by atoms with van der Waals surface area (Å²) in [5.41, 5.74) is 2.79. The number of rotatable bonds is 1. The van der Waals surface area contributed by atoms with E-state index in [0.29, 0.717) is 5.04 Å². The number of halogens is 2. The van der Waals surface area contributed by atoms with Crippen LogP contribution in [-0.2, 0) is 0 Å². The fraction of sp³-hybridized carbons (Fsp3) is 0.333. The van der Waals surface area contributed by atoms with Crippen LogP contribution in [0.1, 0.15) is 20.8 Å². The molecule has 0 atom stereocenters. The quantitative estimate of drug-likeness (QED) is 0.238. The van der Waals surface area contributed by atoms with Gasteiger partial charge in [0.2, 0.25) is 0 Å². The molecule has 0 N–H and O–H groups in total. The van der Waals surface area contributed by atoms with Crippen LogP contribution in [0.2, 0.25) is 18.1 Å². The molecule has 4 heteroatoms. The summed E-state index contributed by atoms with van der Waals surface area (Å²) >= 11 is 4.83. The van der Waals surface area contributed by atoms with Crippen molar-refractivity contribution in [2.24, 2.45) is 0 Å². The Hall–Kier alpha value is -0.0831. The van der Waals surface area contributed by atoms with E-state index < -0.39 is 8.24 Å². The van der Waals surface area contributed by atoms with Gasteiger partial charge in [-0.1, -0.05) is 33.9 Å². The number of nitrogens with zero attached hydrogens (tertiary/aromatic N) is 1. The van der Waals surface area contributed by atoms with E-state index >= 15 is 0 Å². The van der Waals surface area contributed by atoms with Crippen molar-refractivity contribution in [1.29, 1.82) is 0 Å². The zero-order valence-corrected chi connectivity index (χ0v) is 19.0. The van der Waals surface area contributed by atoms with Gasteiger partial charge in [0.05, 0.1) is 0 Å². The average molecular weight is 533 g/mol. The lowest BCUT2D eigenvalue weighted by Gasteiger charge is -2.39. The number of hydrogen-bond acceptors (Lipinski definition) is 0. The second-order valence-electron chi connectivity index (χ2n) is 7.47. The van der Waals surface area contributed by atoms with Gasteiger partial charge in [0, 0.05) is 28.9 Å². The lowest BCUT2D eigenvalue weighted by Crippen LogP contribution is -2.45. The average Bonchev–Trinajstić information content (AvgIpc) is 2.71. The molecular formula is C18H21I2NSi. The second kappa shape index (κ2) is 5.48. The molecule has 1 aromatic heterocycles. The Bertz CT molecular complexity index is 813. The van der Waals surface area contributed by atoms with Crippen LogP contribution in [0, 0.1) is 7.14 Å². The Kier molecular flexibility index (Phi) is 4.17. The summed E-state index contributed by atoms with van der Waals surface area (Å²) in [6.07, 6.45) is 0. The van der Waals surface area contributed by atoms with E-state index in [1.165, 1.54) is 28.9 Å². The highest BCUT2D eigenvalue weighted by molar-refractivity contribution is 14.1. The van der Waals surface area contributed by atoms with Gasteiger partial charge in [-0.2, -0.15) is 0 Å². The van der Waals surface area contributed by atoms with Crippen LogP contribution in [0.15, 0.2) is 36.4 Å². The molecule has 3 rings (SSSR count). The molecule has 116 valence electrons. The van der Waals surface area contributed by atoms with Crippen LogP contribution in [0.25, 0.3) is 21.8 Å². The normalized spacial score (nSPS) is 13.2. The largest absolute Gasteiger partial charge is 0.368 e. The molecule has 0 aliphatic rings. The van der Waals surface area contributed by atoms with Gasteiger partial charge in [-0.05, 0) is 86.6 Å². The maximum atomic E-state index is 2.67. The van der Waals surface area contributed by atoms with Crippen molar-refractivity contribution in [3.05, 3.63) is 43.5 Å². The first-order chi connectivity index (χ1) is 10.1. The van der Waals surface area contributed by atoms with Gasteiger partial charge in [0.25, 0.3) is 0 Å². The molecule has 0 saturated heterocycles. The molecule has 3 aromatic rings. The van der Waals surface area contributed by atoms with Crippen LogP contribution in [-0.4, -0.2) is 12.5 Å². The molecule has 0 saturated carbocycles. The molecule has 0 aliphatic heterocycles. The van der Waals surface area contributed by atoms with Crippen LogP contribution >= 0.6 is 45.2 Å². The molecule has 0 fully saturated rings. The molecule has 0 radical (unpaired) electrons. The first-order valence-electron chi connectivity index (χ1n) is 7.52. The van der Waals surface area contributed by atoms with Crippen molar-refractivity contribution in [2.75, 3.05) is 0 Å². The van der Waals surface area contributed by atoms with E-state index in [1.54, 1.807) is 0 Å². The minimum absolute atomic E-state index is 0.303. The van der Waals surface area contributed by atoms with Crippen molar-refractivity contribution in [2.45, 2.75) is 38.9 Å². The highest BCUT2D eigenvalue weighted by atomic mass is 127. The molecule has 2 aromatic carbocycles. The van der Waals surface area contributed by atoms with Crippen molar-refractivity contribution in [3.63, 3.8) is 0 Å². The fourth-order valence-corrected chi connectivity index (χ4v) is 6.15. The summed E-state index contributed by atoms with van der Waals surface area (Å²) in [5.74, 6) is 0. The molecular weight excluding hydrogens is 512 g/mol. The molecule has 0 amide bonds. The van der Waals surface area contributed by atoms with E-state index in [-0.39, 0.29) is 0 Å². The second-order valence-corrected chi connectivity index (χ2v) is 15.0. The van der Waals surface area contributed by atoms with Crippen LogP contribution in [0.5, 0.6) is 0 Å². The third-order valence-electron chi connectivity index (χ3n) is 5.08. The summed E-state index contributed by atoms with van der Waals surface area (Å²) in [5, 5.41) is 3.09. The summed E-state index contributed by atoms with van der Waals surface area (Å²) in [7, 11) is -1.68. The van der Waals surface area contributed by atoms with E-state index in [9.17, 15) is 0 Å². The number of aromatic nitrogens is 1. The van der Waals surface area contributed by atoms with Gasteiger partial charge in [-0.15, -0.1) is 0 Å². The fourth-order valence-electron chi connectivity index (χ4n) is 2.91. The van der Waals surface area contributed by atoms with Gasteiger partial charge in [-0.25, -0.2) is 0 Å². The van der Waals surface area contributed by atoms with E-state index in [0.717, 1.165) is 0 Å².